The van der Waals surface area contributed by atoms with E-state index >= 15 is 0 Å². The highest BCUT2D eigenvalue weighted by atomic mass is 31.2. The van der Waals surface area contributed by atoms with Gasteiger partial charge in [-0.15, -0.1) is 0 Å². The van der Waals surface area contributed by atoms with Gasteiger partial charge in [-0.05, 0) is 56.6 Å². The third-order valence-electron chi connectivity index (χ3n) is 7.03. The third-order valence-corrected chi connectivity index (χ3v) is 9.08. The molecule has 0 heterocycles. The second-order valence-electron chi connectivity index (χ2n) is 9.50. The SMILES string of the molecule is O=P(O)(c1cc(-c2ccccc2)ccc1-c1ccccc1)c1cc(-c2ccccc2)ccc1-c1ccccc1. The lowest BCUT2D eigenvalue weighted by molar-refractivity contribution is 0.501. The van der Waals surface area contributed by atoms with E-state index in [1.165, 1.54) is 0 Å². The second kappa shape index (κ2) is 10.7. The fraction of sp³-hybridized carbons (Fsp3) is 0. The van der Waals surface area contributed by atoms with E-state index in [1.807, 2.05) is 158 Å². The molecule has 0 saturated carbocycles. The quantitative estimate of drug-likeness (QED) is 0.223. The summed E-state index contributed by atoms with van der Waals surface area (Å²) in [6, 6.07) is 51.4. The van der Waals surface area contributed by atoms with E-state index in [9.17, 15) is 9.46 Å². The molecule has 0 fully saturated rings. The fourth-order valence-corrected chi connectivity index (χ4v) is 6.99. The molecule has 2 nitrogen and oxygen atoms in total. The Balaban J connectivity index is 1.62. The van der Waals surface area contributed by atoms with Crippen molar-refractivity contribution in [1.82, 2.24) is 0 Å². The molecule has 0 bridgehead atoms. The van der Waals surface area contributed by atoms with E-state index in [4.69, 9.17) is 0 Å². The van der Waals surface area contributed by atoms with Gasteiger partial charge in [0.2, 0.25) is 0 Å². The van der Waals surface area contributed by atoms with Gasteiger partial charge in [-0.25, -0.2) is 0 Å². The molecule has 1 N–H and O–H groups in total. The highest BCUT2D eigenvalue weighted by Crippen LogP contribution is 2.46. The van der Waals surface area contributed by atoms with Crippen LogP contribution in [0.4, 0.5) is 0 Å². The number of rotatable bonds is 6. The second-order valence-corrected chi connectivity index (χ2v) is 11.6. The molecule has 6 aromatic rings. The summed E-state index contributed by atoms with van der Waals surface area (Å²) < 4.78 is 14.9. The van der Waals surface area contributed by atoms with E-state index in [-0.39, 0.29) is 0 Å². The maximum absolute atomic E-state index is 14.9. The zero-order valence-electron chi connectivity index (χ0n) is 21.3. The van der Waals surface area contributed by atoms with Gasteiger partial charge in [-0.3, -0.25) is 4.57 Å². The summed E-state index contributed by atoms with van der Waals surface area (Å²) in [5, 5.41) is 0.856. The van der Waals surface area contributed by atoms with Crippen LogP contribution < -0.4 is 10.6 Å². The summed E-state index contributed by atoms with van der Waals surface area (Å²) >= 11 is 0. The minimum atomic E-state index is -4.10. The Hall–Kier alpha value is -4.49. The van der Waals surface area contributed by atoms with E-state index in [2.05, 4.69) is 0 Å². The molecule has 0 aliphatic carbocycles. The Morgan fingerprint density at radius 2 is 0.667 bits per heavy atom. The zero-order valence-corrected chi connectivity index (χ0v) is 22.2. The predicted octanol–water partition coefficient (Wildman–Crippen LogP) is 8.58. The lowest BCUT2D eigenvalue weighted by Crippen LogP contribution is -2.20. The van der Waals surface area contributed by atoms with Gasteiger partial charge in [0.1, 0.15) is 0 Å². The maximum Gasteiger partial charge on any atom is 0.260 e. The molecule has 0 aromatic heterocycles. The van der Waals surface area contributed by atoms with Crippen LogP contribution in [0, 0.1) is 0 Å². The third kappa shape index (κ3) is 5.01. The largest absolute Gasteiger partial charge is 0.338 e. The van der Waals surface area contributed by atoms with Crippen LogP contribution in [-0.4, -0.2) is 4.89 Å². The van der Waals surface area contributed by atoms with Crippen molar-refractivity contribution in [2.75, 3.05) is 0 Å². The molecule has 0 saturated heterocycles. The first-order valence-corrected chi connectivity index (χ1v) is 14.6. The van der Waals surface area contributed by atoms with Crippen LogP contribution >= 0.6 is 7.37 Å². The standard InChI is InChI=1S/C36H27O2P/c37-39(38,35-25-31(27-13-5-1-6-14-27)21-23-33(35)29-17-9-3-10-18-29)36-26-32(28-15-7-2-8-16-28)22-24-34(36)30-19-11-4-12-20-30/h1-26H,(H,37,38). The van der Waals surface area contributed by atoms with Crippen molar-refractivity contribution < 1.29 is 9.46 Å². The predicted molar refractivity (Wildman–Crippen MR) is 164 cm³/mol. The molecule has 0 aliphatic rings. The van der Waals surface area contributed by atoms with Crippen LogP contribution in [0.1, 0.15) is 0 Å². The van der Waals surface area contributed by atoms with Gasteiger partial charge >= 0.3 is 0 Å². The van der Waals surface area contributed by atoms with Crippen LogP contribution in [-0.2, 0) is 4.57 Å². The Morgan fingerprint density at radius 3 is 1.00 bits per heavy atom. The highest BCUT2D eigenvalue weighted by Gasteiger charge is 2.31. The van der Waals surface area contributed by atoms with Gasteiger partial charge in [0.15, 0.2) is 0 Å². The average molecular weight is 523 g/mol. The van der Waals surface area contributed by atoms with Crippen LogP contribution in [0.25, 0.3) is 44.5 Å². The number of hydrogen-bond acceptors (Lipinski definition) is 1. The van der Waals surface area contributed by atoms with Gasteiger partial charge in [-0.2, -0.15) is 0 Å². The molecule has 188 valence electrons. The smallest absolute Gasteiger partial charge is 0.260 e. The van der Waals surface area contributed by atoms with Gasteiger partial charge < -0.3 is 4.89 Å². The van der Waals surface area contributed by atoms with Crippen molar-refractivity contribution in [2.24, 2.45) is 0 Å². The minimum Gasteiger partial charge on any atom is -0.338 e. The average Bonchev–Trinajstić information content (AvgIpc) is 3.02. The van der Waals surface area contributed by atoms with Gasteiger partial charge in [-0.1, -0.05) is 146 Å². The molecule has 6 rings (SSSR count). The molecule has 0 unspecified atom stereocenters. The van der Waals surface area contributed by atoms with Gasteiger partial charge in [0.05, 0.1) is 0 Å². The normalized spacial score (nSPS) is 11.3. The van der Waals surface area contributed by atoms with Crippen molar-refractivity contribution >= 4 is 18.0 Å². The molecule has 0 amide bonds. The summed E-state index contributed by atoms with van der Waals surface area (Å²) in [4.78, 5) is 12.2. The molecule has 0 radical (unpaired) electrons. The molecule has 3 heteroatoms. The molecule has 0 atom stereocenters. The lowest BCUT2D eigenvalue weighted by atomic mass is 10.00. The van der Waals surface area contributed by atoms with Crippen molar-refractivity contribution in [1.29, 1.82) is 0 Å². The molecule has 6 aromatic carbocycles. The Kier molecular flexibility index (Phi) is 6.82. The summed E-state index contributed by atoms with van der Waals surface area (Å²) in [5.41, 5.74) is 7.12. The summed E-state index contributed by atoms with van der Waals surface area (Å²) in [6.45, 7) is 0. The minimum absolute atomic E-state index is 0.428. The summed E-state index contributed by atoms with van der Waals surface area (Å²) in [6.07, 6.45) is 0. The first-order valence-electron chi connectivity index (χ1n) is 12.9. The first-order chi connectivity index (χ1) is 19.1. The molecular formula is C36H27O2P. The molecule has 39 heavy (non-hydrogen) atoms. The van der Waals surface area contributed by atoms with E-state index < -0.39 is 7.37 Å². The number of benzene rings is 6. The molecule has 0 spiro atoms. The topological polar surface area (TPSA) is 37.3 Å². The zero-order chi connectivity index (χ0) is 26.7. The van der Waals surface area contributed by atoms with E-state index in [0.29, 0.717) is 10.6 Å². The summed E-state index contributed by atoms with van der Waals surface area (Å²) in [7, 11) is -4.10. The number of hydrogen-bond donors (Lipinski definition) is 1. The molecule has 0 aliphatic heterocycles. The Morgan fingerprint density at radius 1 is 0.359 bits per heavy atom. The van der Waals surface area contributed by atoms with E-state index in [0.717, 1.165) is 44.5 Å². The summed E-state index contributed by atoms with van der Waals surface area (Å²) in [5.74, 6) is 0. The fourth-order valence-electron chi connectivity index (χ4n) is 5.04. The van der Waals surface area contributed by atoms with Crippen molar-refractivity contribution in [3.8, 4) is 44.5 Å². The Bertz CT molecular complexity index is 1630. The van der Waals surface area contributed by atoms with Crippen molar-refractivity contribution in [3.05, 3.63) is 158 Å². The molecular weight excluding hydrogens is 495 g/mol. The Labute approximate surface area is 229 Å². The van der Waals surface area contributed by atoms with Crippen LogP contribution in [0.2, 0.25) is 0 Å². The van der Waals surface area contributed by atoms with E-state index in [1.54, 1.807) is 0 Å². The van der Waals surface area contributed by atoms with Crippen LogP contribution in [0.5, 0.6) is 0 Å². The van der Waals surface area contributed by atoms with Gasteiger partial charge in [0, 0.05) is 10.6 Å². The van der Waals surface area contributed by atoms with Crippen molar-refractivity contribution in [2.45, 2.75) is 0 Å². The van der Waals surface area contributed by atoms with Crippen LogP contribution in [0.3, 0.4) is 0 Å². The maximum atomic E-state index is 14.9. The lowest BCUT2D eigenvalue weighted by Gasteiger charge is -2.22. The van der Waals surface area contributed by atoms with Gasteiger partial charge in [0.25, 0.3) is 7.37 Å². The van der Waals surface area contributed by atoms with Crippen molar-refractivity contribution in [3.63, 3.8) is 0 Å². The monoisotopic (exact) mass is 522 g/mol. The highest BCUT2D eigenvalue weighted by molar-refractivity contribution is 7.74. The first kappa shape index (κ1) is 24.8. The van der Waals surface area contributed by atoms with Crippen LogP contribution in [0.15, 0.2) is 158 Å².